The zero-order valence-corrected chi connectivity index (χ0v) is 10.2. The predicted octanol–water partition coefficient (Wildman–Crippen LogP) is -0.0240. The minimum absolute atomic E-state index is 0.0642. The van der Waals surface area contributed by atoms with Gasteiger partial charge in [-0.2, -0.15) is 0 Å². The van der Waals surface area contributed by atoms with Gasteiger partial charge in [0.25, 0.3) is 0 Å². The van der Waals surface area contributed by atoms with E-state index in [4.69, 9.17) is 26.2 Å². The first-order chi connectivity index (χ1) is 8.51. The Kier molecular flexibility index (Phi) is 4.10. The topological polar surface area (TPSA) is 38.5 Å². The summed E-state index contributed by atoms with van der Waals surface area (Å²) in [6.45, 7) is 1.78. The van der Waals surface area contributed by atoms with Gasteiger partial charge in [-0.1, -0.05) is 12.1 Å². The van der Waals surface area contributed by atoms with Crippen molar-refractivity contribution in [1.82, 2.24) is 4.90 Å². The Morgan fingerprint density at radius 3 is 2.67 bits per heavy atom. The van der Waals surface area contributed by atoms with Crippen LogP contribution in [0.1, 0.15) is 5.56 Å². The Morgan fingerprint density at radius 1 is 1.39 bits per heavy atom. The molecular formula is C12H15B2FN2O. The molecule has 0 aromatic heterocycles. The monoisotopic (exact) mass is 244 g/mol. The molecule has 2 N–H and O–H groups in total. The highest BCUT2D eigenvalue weighted by Gasteiger charge is 2.33. The second-order valence-corrected chi connectivity index (χ2v) is 4.67. The number of benzene rings is 1. The van der Waals surface area contributed by atoms with Gasteiger partial charge in [-0.25, -0.2) is 4.39 Å². The first kappa shape index (κ1) is 13.6. The second kappa shape index (κ2) is 5.43. The minimum Gasteiger partial charge on any atom is -0.375 e. The van der Waals surface area contributed by atoms with Gasteiger partial charge in [0.2, 0.25) is 0 Å². The highest BCUT2D eigenvalue weighted by atomic mass is 19.1. The van der Waals surface area contributed by atoms with Crippen LogP contribution >= 0.6 is 0 Å². The quantitative estimate of drug-likeness (QED) is 0.759. The van der Waals surface area contributed by atoms with Crippen LogP contribution in [0.25, 0.3) is 0 Å². The average molecular weight is 244 g/mol. The van der Waals surface area contributed by atoms with Gasteiger partial charge >= 0.3 is 0 Å². The van der Waals surface area contributed by atoms with Crippen LogP contribution in [0.4, 0.5) is 4.39 Å². The van der Waals surface area contributed by atoms with Crippen molar-refractivity contribution in [2.75, 3.05) is 19.7 Å². The van der Waals surface area contributed by atoms with Crippen LogP contribution in [0.3, 0.4) is 0 Å². The third-order valence-electron chi connectivity index (χ3n) is 3.11. The van der Waals surface area contributed by atoms with Crippen molar-refractivity contribution in [3.63, 3.8) is 0 Å². The number of morpholine rings is 1. The van der Waals surface area contributed by atoms with E-state index in [-0.39, 0.29) is 18.5 Å². The number of halogens is 1. The van der Waals surface area contributed by atoms with E-state index in [1.807, 2.05) is 4.90 Å². The van der Waals surface area contributed by atoms with E-state index in [1.165, 1.54) is 12.1 Å². The van der Waals surface area contributed by atoms with Crippen molar-refractivity contribution in [2.45, 2.75) is 18.0 Å². The van der Waals surface area contributed by atoms with Crippen molar-refractivity contribution in [2.24, 2.45) is 5.73 Å². The van der Waals surface area contributed by atoms with E-state index in [2.05, 4.69) is 0 Å². The Balaban J connectivity index is 2.07. The molecule has 1 fully saturated rings. The van der Waals surface area contributed by atoms with E-state index in [0.717, 1.165) is 5.56 Å². The van der Waals surface area contributed by atoms with Gasteiger partial charge in [-0.15, -0.1) is 0 Å². The molecule has 1 unspecified atom stereocenters. The molecular weight excluding hydrogens is 229 g/mol. The van der Waals surface area contributed by atoms with Crippen LogP contribution in [-0.4, -0.2) is 51.7 Å². The number of ether oxygens (including phenoxy) is 1. The minimum atomic E-state index is -1.01. The molecule has 1 aliphatic rings. The molecule has 18 heavy (non-hydrogen) atoms. The van der Waals surface area contributed by atoms with Gasteiger partial charge in [0, 0.05) is 26.2 Å². The summed E-state index contributed by atoms with van der Waals surface area (Å²) in [5.74, 6) is -0.257. The Bertz CT molecular complexity index is 400. The van der Waals surface area contributed by atoms with Crippen LogP contribution in [0.2, 0.25) is 0 Å². The molecule has 0 aliphatic carbocycles. The fourth-order valence-corrected chi connectivity index (χ4v) is 1.98. The van der Waals surface area contributed by atoms with Crippen LogP contribution in [0.5, 0.6) is 0 Å². The summed E-state index contributed by atoms with van der Waals surface area (Å²) in [4.78, 5) is 1.90. The summed E-state index contributed by atoms with van der Waals surface area (Å²) in [7, 11) is 12.0. The van der Waals surface area contributed by atoms with E-state index in [0.29, 0.717) is 19.6 Å². The molecule has 3 nitrogen and oxygen atoms in total. The average Bonchev–Trinajstić information content (AvgIpc) is 2.34. The second-order valence-electron chi connectivity index (χ2n) is 4.67. The molecule has 1 aromatic rings. The summed E-state index contributed by atoms with van der Waals surface area (Å²) < 4.78 is 18.3. The van der Waals surface area contributed by atoms with Crippen molar-refractivity contribution >= 4 is 15.7 Å². The zero-order valence-electron chi connectivity index (χ0n) is 10.2. The molecule has 0 amide bonds. The lowest BCUT2D eigenvalue weighted by Crippen LogP contribution is -2.61. The number of hydrogen-bond donors (Lipinski definition) is 1. The molecule has 0 bridgehead atoms. The Hall–Kier alpha value is -0.840. The molecule has 2 rings (SSSR count). The van der Waals surface area contributed by atoms with Gasteiger partial charge in [0.05, 0.1) is 21.8 Å². The molecule has 6 heteroatoms. The first-order valence-electron chi connectivity index (χ1n) is 5.90. The SMILES string of the molecule is [B]C1([B])COC(CN)CN1Cc1ccc(F)cc1. The van der Waals surface area contributed by atoms with Crippen LogP contribution < -0.4 is 5.73 Å². The highest BCUT2D eigenvalue weighted by molar-refractivity contribution is 6.40. The van der Waals surface area contributed by atoms with Gasteiger partial charge in [-0.3, -0.25) is 0 Å². The molecule has 92 valence electrons. The standard InChI is InChI=1S/C12H15B2FN2O/c13-12(14)8-18-11(5-16)7-17(12)6-9-1-3-10(15)4-2-9/h1-4,11H,5-8,16H2. The molecule has 4 radical (unpaired) electrons. The van der Waals surface area contributed by atoms with Gasteiger partial charge < -0.3 is 15.4 Å². The van der Waals surface area contributed by atoms with E-state index in [9.17, 15) is 4.39 Å². The molecule has 0 saturated carbocycles. The van der Waals surface area contributed by atoms with Gasteiger partial charge in [0.15, 0.2) is 0 Å². The summed E-state index contributed by atoms with van der Waals surface area (Å²) in [6, 6.07) is 6.28. The predicted molar refractivity (Wildman–Crippen MR) is 69.8 cm³/mol. The summed E-state index contributed by atoms with van der Waals surface area (Å²) >= 11 is 0. The van der Waals surface area contributed by atoms with E-state index >= 15 is 0 Å². The molecule has 1 aliphatic heterocycles. The van der Waals surface area contributed by atoms with E-state index < -0.39 is 5.34 Å². The third-order valence-corrected chi connectivity index (χ3v) is 3.11. The fourth-order valence-electron chi connectivity index (χ4n) is 1.98. The van der Waals surface area contributed by atoms with Crippen LogP contribution in [-0.2, 0) is 11.3 Å². The molecule has 1 heterocycles. The molecule has 1 aromatic carbocycles. The molecule has 0 spiro atoms. The number of nitrogens with two attached hydrogens (primary N) is 1. The van der Waals surface area contributed by atoms with Crippen molar-refractivity contribution in [3.05, 3.63) is 35.6 Å². The van der Waals surface area contributed by atoms with Crippen molar-refractivity contribution in [1.29, 1.82) is 0 Å². The zero-order chi connectivity index (χ0) is 13.2. The number of nitrogens with zero attached hydrogens (tertiary/aromatic N) is 1. The largest absolute Gasteiger partial charge is 0.375 e. The van der Waals surface area contributed by atoms with Crippen LogP contribution in [0.15, 0.2) is 24.3 Å². The number of rotatable bonds is 3. The third kappa shape index (κ3) is 3.13. The fraction of sp³-hybridized carbons (Fsp3) is 0.500. The van der Waals surface area contributed by atoms with Gasteiger partial charge in [0.1, 0.15) is 5.82 Å². The lowest BCUT2D eigenvalue weighted by Gasteiger charge is -2.46. The van der Waals surface area contributed by atoms with Crippen molar-refractivity contribution in [3.8, 4) is 0 Å². The van der Waals surface area contributed by atoms with Gasteiger partial charge in [-0.05, 0) is 23.0 Å². The maximum Gasteiger partial charge on any atom is 0.123 e. The van der Waals surface area contributed by atoms with Crippen molar-refractivity contribution < 1.29 is 9.13 Å². The summed E-state index contributed by atoms with van der Waals surface area (Å²) in [5, 5.41) is -1.01. The first-order valence-corrected chi connectivity index (χ1v) is 5.90. The normalized spacial score (nSPS) is 24.0. The highest BCUT2D eigenvalue weighted by Crippen LogP contribution is 2.20. The maximum absolute atomic E-state index is 12.8. The Morgan fingerprint density at radius 2 is 2.06 bits per heavy atom. The lowest BCUT2D eigenvalue weighted by atomic mass is 9.60. The Labute approximate surface area is 109 Å². The molecule has 1 saturated heterocycles. The summed E-state index contributed by atoms with van der Waals surface area (Å²) in [6.07, 6.45) is -0.0642. The summed E-state index contributed by atoms with van der Waals surface area (Å²) in [5.41, 5.74) is 6.54. The molecule has 1 atom stereocenters. The smallest absolute Gasteiger partial charge is 0.123 e. The van der Waals surface area contributed by atoms with E-state index in [1.54, 1.807) is 12.1 Å². The maximum atomic E-state index is 12.8. The lowest BCUT2D eigenvalue weighted by molar-refractivity contribution is -0.0526. The van der Waals surface area contributed by atoms with Crippen LogP contribution in [0, 0.1) is 5.82 Å². The number of hydrogen-bond acceptors (Lipinski definition) is 3.